The van der Waals surface area contributed by atoms with Crippen molar-refractivity contribution < 1.29 is 9.15 Å². The molecule has 8 heteroatoms. The van der Waals surface area contributed by atoms with E-state index in [2.05, 4.69) is 18.7 Å². The quantitative estimate of drug-likeness (QED) is 0.552. The first-order valence-electron chi connectivity index (χ1n) is 8.81. The van der Waals surface area contributed by atoms with Crippen LogP contribution in [0, 0.1) is 6.92 Å². The highest BCUT2D eigenvalue weighted by Crippen LogP contribution is 2.35. The van der Waals surface area contributed by atoms with Gasteiger partial charge in [0.25, 0.3) is 0 Å². The number of aromatic nitrogens is 4. The van der Waals surface area contributed by atoms with Gasteiger partial charge >= 0.3 is 0 Å². The van der Waals surface area contributed by atoms with Crippen LogP contribution in [-0.2, 0) is 11.2 Å². The summed E-state index contributed by atoms with van der Waals surface area (Å²) in [7, 11) is 0. The maximum Gasteiger partial charge on any atom is 0.230 e. The Morgan fingerprint density at radius 1 is 1.23 bits per heavy atom. The van der Waals surface area contributed by atoms with Gasteiger partial charge < -0.3 is 14.1 Å². The molecule has 0 amide bonds. The van der Waals surface area contributed by atoms with Crippen LogP contribution in [0.15, 0.2) is 22.8 Å². The average Bonchev–Trinajstić information content (AvgIpc) is 3.38. The third-order valence-corrected chi connectivity index (χ3v) is 5.84. The molecular formula is C18H19N5O2S. The molecule has 26 heavy (non-hydrogen) atoms. The van der Waals surface area contributed by atoms with Gasteiger partial charge in [0.2, 0.25) is 11.8 Å². The fourth-order valence-corrected chi connectivity index (χ4v) is 4.63. The van der Waals surface area contributed by atoms with Gasteiger partial charge in [-0.3, -0.25) is 0 Å². The Morgan fingerprint density at radius 3 is 2.81 bits per heavy atom. The molecule has 0 radical (unpaired) electrons. The molecule has 0 atom stereocenters. The number of nitrogens with zero attached hydrogens (tertiary/aromatic N) is 5. The highest BCUT2D eigenvalue weighted by molar-refractivity contribution is 7.18. The second kappa shape index (κ2) is 6.07. The number of aryl methyl sites for hydroxylation is 2. The third kappa shape index (κ3) is 2.33. The van der Waals surface area contributed by atoms with E-state index in [0.717, 1.165) is 41.3 Å². The van der Waals surface area contributed by atoms with Gasteiger partial charge in [-0.2, -0.15) is 4.52 Å². The van der Waals surface area contributed by atoms with E-state index in [1.807, 2.05) is 16.6 Å². The molecule has 134 valence electrons. The lowest BCUT2D eigenvalue weighted by Crippen LogP contribution is -2.38. The maximum atomic E-state index is 5.52. The molecule has 0 N–H and O–H groups in total. The molecule has 1 aliphatic rings. The van der Waals surface area contributed by atoms with Crippen molar-refractivity contribution in [2.24, 2.45) is 0 Å². The van der Waals surface area contributed by atoms with Crippen LogP contribution < -0.4 is 4.90 Å². The standard InChI is InChI=1S/C18H19N5O2S/c1-3-12-11(2)26-17-14(12)16-19-15(13-5-4-8-25-13)21-23(16)18(20-17)22-6-9-24-10-7-22/h4-5,8H,3,6-7,9-10H2,1-2H3. The molecule has 1 aliphatic heterocycles. The van der Waals surface area contributed by atoms with Gasteiger partial charge in [-0.05, 0) is 31.0 Å². The second-order valence-electron chi connectivity index (χ2n) is 6.33. The molecule has 5 heterocycles. The van der Waals surface area contributed by atoms with Gasteiger partial charge in [-0.25, -0.2) is 9.97 Å². The summed E-state index contributed by atoms with van der Waals surface area (Å²) in [5, 5.41) is 5.85. The average molecular weight is 369 g/mol. The molecule has 0 unspecified atom stereocenters. The summed E-state index contributed by atoms with van der Waals surface area (Å²) in [4.78, 5) is 14.3. The van der Waals surface area contributed by atoms with Crippen LogP contribution in [0.25, 0.3) is 27.4 Å². The van der Waals surface area contributed by atoms with Crippen LogP contribution in [0.3, 0.4) is 0 Å². The Balaban J connectivity index is 1.82. The molecule has 0 spiro atoms. The van der Waals surface area contributed by atoms with Crippen molar-refractivity contribution in [3.8, 4) is 11.6 Å². The number of hydrogen-bond acceptors (Lipinski definition) is 7. The number of anilines is 1. The fraction of sp³-hybridized carbons (Fsp3) is 0.389. The van der Waals surface area contributed by atoms with E-state index >= 15 is 0 Å². The number of hydrogen-bond donors (Lipinski definition) is 0. The second-order valence-corrected chi connectivity index (χ2v) is 7.53. The van der Waals surface area contributed by atoms with Gasteiger partial charge in [0.1, 0.15) is 4.83 Å². The SMILES string of the molecule is CCc1c(C)sc2nc(N3CCOCC3)n3nc(-c4ccco4)nc3c12. The Bertz CT molecular complexity index is 1080. The van der Waals surface area contributed by atoms with E-state index in [1.54, 1.807) is 17.6 Å². The van der Waals surface area contributed by atoms with E-state index in [4.69, 9.17) is 24.2 Å². The first-order valence-corrected chi connectivity index (χ1v) is 9.63. The highest BCUT2D eigenvalue weighted by Gasteiger charge is 2.24. The number of fused-ring (bicyclic) bond motifs is 3. The highest BCUT2D eigenvalue weighted by atomic mass is 32.1. The van der Waals surface area contributed by atoms with Crippen LogP contribution >= 0.6 is 11.3 Å². The zero-order valence-electron chi connectivity index (χ0n) is 14.7. The van der Waals surface area contributed by atoms with Crippen LogP contribution in [0.5, 0.6) is 0 Å². The Morgan fingerprint density at radius 2 is 2.08 bits per heavy atom. The zero-order chi connectivity index (χ0) is 17.7. The zero-order valence-corrected chi connectivity index (χ0v) is 15.5. The summed E-state index contributed by atoms with van der Waals surface area (Å²) < 4.78 is 12.9. The van der Waals surface area contributed by atoms with Gasteiger partial charge in [-0.15, -0.1) is 16.4 Å². The van der Waals surface area contributed by atoms with E-state index < -0.39 is 0 Å². The Hall–Kier alpha value is -2.45. The molecule has 7 nitrogen and oxygen atoms in total. The van der Waals surface area contributed by atoms with Gasteiger partial charge in [0.05, 0.1) is 24.9 Å². The molecular weight excluding hydrogens is 350 g/mol. The third-order valence-electron chi connectivity index (χ3n) is 4.80. The van der Waals surface area contributed by atoms with Crippen molar-refractivity contribution in [2.75, 3.05) is 31.2 Å². The summed E-state index contributed by atoms with van der Waals surface area (Å²) in [6.07, 6.45) is 2.59. The predicted molar refractivity (Wildman–Crippen MR) is 101 cm³/mol. The number of ether oxygens (including phenoxy) is 1. The normalized spacial score (nSPS) is 15.4. The fourth-order valence-electron chi connectivity index (χ4n) is 3.53. The lowest BCUT2D eigenvalue weighted by atomic mass is 10.1. The minimum atomic E-state index is 0.588. The number of thiophene rings is 1. The molecule has 0 aromatic carbocycles. The molecule has 1 saturated heterocycles. The van der Waals surface area contributed by atoms with Crippen molar-refractivity contribution in [2.45, 2.75) is 20.3 Å². The predicted octanol–water partition coefficient (Wildman–Crippen LogP) is 3.31. The van der Waals surface area contributed by atoms with Gasteiger partial charge in [0.15, 0.2) is 11.4 Å². The van der Waals surface area contributed by atoms with Crippen molar-refractivity contribution in [3.05, 3.63) is 28.8 Å². The van der Waals surface area contributed by atoms with Crippen molar-refractivity contribution in [1.29, 1.82) is 0 Å². The topological polar surface area (TPSA) is 68.7 Å². The maximum absolute atomic E-state index is 5.52. The molecule has 4 aromatic heterocycles. The van der Waals surface area contributed by atoms with Crippen LogP contribution in [0.2, 0.25) is 0 Å². The number of rotatable bonds is 3. The van der Waals surface area contributed by atoms with Crippen LogP contribution in [-0.4, -0.2) is 45.9 Å². The first-order chi connectivity index (χ1) is 12.8. The summed E-state index contributed by atoms with van der Waals surface area (Å²) >= 11 is 1.73. The minimum absolute atomic E-state index is 0.588. The lowest BCUT2D eigenvalue weighted by molar-refractivity contribution is 0.122. The first kappa shape index (κ1) is 15.8. The molecule has 1 fully saturated rings. The smallest absolute Gasteiger partial charge is 0.230 e. The molecule has 0 aliphatic carbocycles. The molecule has 0 saturated carbocycles. The molecule has 4 aromatic rings. The summed E-state index contributed by atoms with van der Waals surface area (Å²) in [5.41, 5.74) is 2.15. The summed E-state index contributed by atoms with van der Waals surface area (Å²) in [5.74, 6) is 2.08. The molecule has 5 rings (SSSR count). The van der Waals surface area contributed by atoms with Crippen molar-refractivity contribution in [1.82, 2.24) is 19.6 Å². The summed E-state index contributed by atoms with van der Waals surface area (Å²) in [6.45, 7) is 7.32. The van der Waals surface area contributed by atoms with Crippen LogP contribution in [0.1, 0.15) is 17.4 Å². The largest absolute Gasteiger partial charge is 0.461 e. The Labute approximate surface area is 154 Å². The van der Waals surface area contributed by atoms with Crippen LogP contribution in [0.4, 0.5) is 5.95 Å². The number of furan rings is 1. The van der Waals surface area contributed by atoms with Gasteiger partial charge in [-0.1, -0.05) is 6.92 Å². The van der Waals surface area contributed by atoms with Crippen molar-refractivity contribution >= 4 is 33.1 Å². The van der Waals surface area contributed by atoms with Gasteiger partial charge in [0, 0.05) is 18.0 Å². The Kier molecular flexibility index (Phi) is 3.68. The van der Waals surface area contributed by atoms with E-state index in [0.29, 0.717) is 24.8 Å². The van der Waals surface area contributed by atoms with E-state index in [9.17, 15) is 0 Å². The monoisotopic (exact) mass is 369 g/mol. The number of morpholine rings is 1. The van der Waals surface area contributed by atoms with Crippen molar-refractivity contribution in [3.63, 3.8) is 0 Å². The lowest BCUT2D eigenvalue weighted by Gasteiger charge is -2.27. The molecule has 0 bridgehead atoms. The summed E-state index contributed by atoms with van der Waals surface area (Å²) in [6, 6.07) is 3.73. The van der Waals surface area contributed by atoms with E-state index in [-0.39, 0.29) is 0 Å². The minimum Gasteiger partial charge on any atom is -0.461 e. The van der Waals surface area contributed by atoms with E-state index in [1.165, 1.54) is 10.4 Å².